The highest BCUT2D eigenvalue weighted by Crippen LogP contribution is 2.29. The first-order valence-electron chi connectivity index (χ1n) is 6.06. The summed E-state index contributed by atoms with van der Waals surface area (Å²) in [5, 5.41) is 2.49. The zero-order valence-electron chi connectivity index (χ0n) is 10.8. The van der Waals surface area contributed by atoms with Crippen molar-refractivity contribution in [3.8, 4) is 5.75 Å². The Bertz CT molecular complexity index is 513. The molecule has 18 heavy (non-hydrogen) atoms. The number of rotatable bonds is 4. The van der Waals surface area contributed by atoms with E-state index < -0.39 is 0 Å². The van der Waals surface area contributed by atoms with Crippen LogP contribution in [0.25, 0.3) is 10.8 Å². The third-order valence-electron chi connectivity index (χ3n) is 3.21. The van der Waals surface area contributed by atoms with Gasteiger partial charge in [0.05, 0.1) is 7.11 Å². The Hall–Kier alpha value is -1.25. The Balaban J connectivity index is 0.00000162. The lowest BCUT2D eigenvalue weighted by Gasteiger charge is -2.15. The van der Waals surface area contributed by atoms with Crippen LogP contribution < -0.4 is 10.5 Å². The van der Waals surface area contributed by atoms with E-state index in [4.69, 9.17) is 10.5 Å². The molecule has 3 heteroatoms. The number of halogens is 1. The van der Waals surface area contributed by atoms with Gasteiger partial charge in [0.2, 0.25) is 0 Å². The molecule has 1 unspecified atom stereocenters. The van der Waals surface area contributed by atoms with Gasteiger partial charge in [-0.3, -0.25) is 0 Å². The largest absolute Gasteiger partial charge is 0.496 e. The van der Waals surface area contributed by atoms with Crippen LogP contribution in [0.5, 0.6) is 5.75 Å². The first-order chi connectivity index (χ1) is 8.26. The van der Waals surface area contributed by atoms with E-state index in [1.165, 1.54) is 16.3 Å². The quantitative estimate of drug-likeness (QED) is 0.918. The molecular formula is C15H20ClNO. The van der Waals surface area contributed by atoms with Crippen molar-refractivity contribution in [1.29, 1.82) is 0 Å². The molecule has 2 rings (SSSR count). The summed E-state index contributed by atoms with van der Waals surface area (Å²) in [5.41, 5.74) is 7.29. The van der Waals surface area contributed by atoms with Gasteiger partial charge in [-0.25, -0.2) is 0 Å². The fourth-order valence-electron chi connectivity index (χ4n) is 2.12. The van der Waals surface area contributed by atoms with E-state index >= 15 is 0 Å². The monoisotopic (exact) mass is 265 g/mol. The average Bonchev–Trinajstić information content (AvgIpc) is 2.39. The minimum absolute atomic E-state index is 0. The molecule has 1 atom stereocenters. The van der Waals surface area contributed by atoms with Gasteiger partial charge in [-0.15, -0.1) is 12.4 Å². The lowest BCUT2D eigenvalue weighted by Crippen LogP contribution is -2.21. The van der Waals surface area contributed by atoms with Gasteiger partial charge in [0, 0.05) is 11.6 Å². The van der Waals surface area contributed by atoms with Crippen molar-refractivity contribution in [2.24, 2.45) is 5.73 Å². The summed E-state index contributed by atoms with van der Waals surface area (Å²) in [6.07, 6.45) is 1.84. The van der Waals surface area contributed by atoms with Crippen LogP contribution in [0.4, 0.5) is 0 Å². The third-order valence-corrected chi connectivity index (χ3v) is 3.21. The molecule has 0 heterocycles. The van der Waals surface area contributed by atoms with Crippen molar-refractivity contribution >= 4 is 23.2 Å². The summed E-state index contributed by atoms with van der Waals surface area (Å²) in [6.45, 7) is 2.11. The van der Waals surface area contributed by atoms with E-state index in [1.54, 1.807) is 7.11 Å². The second-order valence-corrected chi connectivity index (χ2v) is 4.34. The third kappa shape index (κ3) is 2.95. The topological polar surface area (TPSA) is 35.2 Å². The van der Waals surface area contributed by atoms with Crippen molar-refractivity contribution < 1.29 is 4.74 Å². The molecule has 0 fully saturated rings. The van der Waals surface area contributed by atoms with E-state index in [1.807, 2.05) is 6.07 Å². The Morgan fingerprint density at radius 2 is 1.89 bits per heavy atom. The highest BCUT2D eigenvalue weighted by Gasteiger charge is 2.11. The van der Waals surface area contributed by atoms with Gasteiger partial charge in [0.15, 0.2) is 0 Å². The molecule has 98 valence electrons. The van der Waals surface area contributed by atoms with Crippen molar-refractivity contribution in [3.63, 3.8) is 0 Å². The van der Waals surface area contributed by atoms with Crippen LogP contribution in [0, 0.1) is 0 Å². The maximum absolute atomic E-state index is 6.06. The van der Waals surface area contributed by atoms with Gasteiger partial charge in [-0.05, 0) is 29.7 Å². The van der Waals surface area contributed by atoms with Crippen molar-refractivity contribution in [2.45, 2.75) is 25.8 Å². The molecule has 2 N–H and O–H groups in total. The summed E-state index contributed by atoms with van der Waals surface area (Å²) in [5.74, 6) is 0.938. The molecule has 0 saturated carbocycles. The molecule has 0 saturated heterocycles. The number of hydrogen-bond acceptors (Lipinski definition) is 2. The zero-order chi connectivity index (χ0) is 12.3. The van der Waals surface area contributed by atoms with Crippen LogP contribution in [0.1, 0.15) is 18.9 Å². The van der Waals surface area contributed by atoms with Crippen molar-refractivity contribution in [2.75, 3.05) is 7.11 Å². The standard InChI is InChI=1S/C15H19NO.ClH/c1-3-12(16)10-14-13-7-5-4-6-11(13)8-9-15(14)17-2;/h4-9,12H,3,10,16H2,1-2H3;1H. The Labute approximate surface area is 115 Å². The smallest absolute Gasteiger partial charge is 0.122 e. The highest BCUT2D eigenvalue weighted by atomic mass is 35.5. The van der Waals surface area contributed by atoms with Gasteiger partial charge >= 0.3 is 0 Å². The Morgan fingerprint density at radius 3 is 2.56 bits per heavy atom. The number of fused-ring (bicyclic) bond motifs is 1. The van der Waals surface area contributed by atoms with Crippen LogP contribution >= 0.6 is 12.4 Å². The molecule has 0 aliphatic carbocycles. The lowest BCUT2D eigenvalue weighted by molar-refractivity contribution is 0.408. The fraction of sp³-hybridized carbons (Fsp3) is 0.333. The molecule has 0 amide bonds. The van der Waals surface area contributed by atoms with Gasteiger partial charge < -0.3 is 10.5 Å². The van der Waals surface area contributed by atoms with Gasteiger partial charge in [0.1, 0.15) is 5.75 Å². The molecular weight excluding hydrogens is 246 g/mol. The summed E-state index contributed by atoms with van der Waals surface area (Å²) >= 11 is 0. The Morgan fingerprint density at radius 1 is 1.17 bits per heavy atom. The second-order valence-electron chi connectivity index (χ2n) is 4.34. The van der Waals surface area contributed by atoms with Crippen LogP contribution in [0.2, 0.25) is 0 Å². The predicted octanol–water partition coefficient (Wildman–Crippen LogP) is 3.55. The number of methoxy groups -OCH3 is 1. The molecule has 0 bridgehead atoms. The summed E-state index contributed by atoms with van der Waals surface area (Å²) in [4.78, 5) is 0. The molecule has 0 aliphatic heterocycles. The molecule has 0 radical (unpaired) electrons. The van der Waals surface area contributed by atoms with Crippen LogP contribution in [0.15, 0.2) is 36.4 Å². The number of hydrogen-bond donors (Lipinski definition) is 1. The minimum Gasteiger partial charge on any atom is -0.496 e. The molecule has 0 spiro atoms. The first-order valence-corrected chi connectivity index (χ1v) is 6.06. The van der Waals surface area contributed by atoms with Crippen LogP contribution in [0.3, 0.4) is 0 Å². The highest BCUT2D eigenvalue weighted by molar-refractivity contribution is 5.87. The maximum atomic E-state index is 6.06. The summed E-state index contributed by atoms with van der Waals surface area (Å²) < 4.78 is 5.44. The Kier molecular flexibility index (Phi) is 5.45. The van der Waals surface area contributed by atoms with Gasteiger partial charge in [0.25, 0.3) is 0 Å². The van der Waals surface area contributed by atoms with E-state index in [0.717, 1.165) is 18.6 Å². The summed E-state index contributed by atoms with van der Waals surface area (Å²) in [7, 11) is 1.71. The van der Waals surface area contributed by atoms with E-state index in [2.05, 4.69) is 37.3 Å². The molecule has 0 aromatic heterocycles. The average molecular weight is 266 g/mol. The second kappa shape index (κ2) is 6.62. The minimum atomic E-state index is 0. The van der Waals surface area contributed by atoms with E-state index in [-0.39, 0.29) is 18.4 Å². The predicted molar refractivity (Wildman–Crippen MR) is 79.7 cm³/mol. The zero-order valence-corrected chi connectivity index (χ0v) is 11.7. The van der Waals surface area contributed by atoms with E-state index in [9.17, 15) is 0 Å². The van der Waals surface area contributed by atoms with Crippen LogP contribution in [-0.4, -0.2) is 13.2 Å². The number of benzene rings is 2. The van der Waals surface area contributed by atoms with Crippen molar-refractivity contribution in [3.05, 3.63) is 42.0 Å². The SMILES string of the molecule is CCC(N)Cc1c(OC)ccc2ccccc12.Cl. The lowest BCUT2D eigenvalue weighted by atomic mass is 9.97. The normalized spacial score (nSPS) is 11.9. The van der Waals surface area contributed by atoms with Gasteiger partial charge in [-0.2, -0.15) is 0 Å². The molecule has 2 nitrogen and oxygen atoms in total. The van der Waals surface area contributed by atoms with Crippen LogP contribution in [-0.2, 0) is 6.42 Å². The van der Waals surface area contributed by atoms with Gasteiger partial charge in [-0.1, -0.05) is 37.3 Å². The van der Waals surface area contributed by atoms with Crippen molar-refractivity contribution in [1.82, 2.24) is 0 Å². The maximum Gasteiger partial charge on any atom is 0.122 e. The summed E-state index contributed by atoms with van der Waals surface area (Å²) in [6, 6.07) is 12.7. The molecule has 2 aromatic carbocycles. The molecule has 0 aliphatic rings. The molecule has 2 aromatic rings. The first kappa shape index (κ1) is 14.8. The van der Waals surface area contributed by atoms with E-state index in [0.29, 0.717) is 0 Å². The number of ether oxygens (including phenoxy) is 1. The fourth-order valence-corrected chi connectivity index (χ4v) is 2.12. The number of nitrogens with two attached hydrogens (primary N) is 1.